The molecule has 1 unspecified atom stereocenters. The highest BCUT2D eigenvalue weighted by atomic mass is 16.5. The van der Waals surface area contributed by atoms with Crippen molar-refractivity contribution in [1.82, 2.24) is 9.88 Å². The van der Waals surface area contributed by atoms with Gasteiger partial charge in [0.25, 0.3) is 5.91 Å². The van der Waals surface area contributed by atoms with Crippen LogP contribution in [0.2, 0.25) is 0 Å². The molecule has 1 aliphatic heterocycles. The molecule has 6 heteroatoms. The van der Waals surface area contributed by atoms with Crippen LogP contribution in [-0.2, 0) is 4.79 Å². The number of carbonyl (C=O) groups excluding carboxylic acids is 1. The Morgan fingerprint density at radius 2 is 2.14 bits per heavy atom. The van der Waals surface area contributed by atoms with Crippen LogP contribution in [-0.4, -0.2) is 47.1 Å². The predicted molar refractivity (Wildman–Crippen MR) is 74.1 cm³/mol. The molecule has 1 spiro atoms. The lowest BCUT2D eigenvalue weighted by atomic mass is 9.90. The first-order chi connectivity index (χ1) is 10.1. The third-order valence-corrected chi connectivity index (χ3v) is 4.73. The van der Waals surface area contributed by atoms with Crippen molar-refractivity contribution in [2.75, 3.05) is 20.2 Å². The van der Waals surface area contributed by atoms with E-state index in [4.69, 9.17) is 9.84 Å². The lowest BCUT2D eigenvalue weighted by molar-refractivity contribution is -0.139. The number of amides is 1. The van der Waals surface area contributed by atoms with Gasteiger partial charge in [-0.1, -0.05) is 0 Å². The fourth-order valence-electron chi connectivity index (χ4n) is 3.29. The average Bonchev–Trinajstić information content (AvgIpc) is 3.21. The Morgan fingerprint density at radius 3 is 2.71 bits per heavy atom. The Kier molecular flexibility index (Phi) is 3.31. The van der Waals surface area contributed by atoms with Crippen LogP contribution in [0.15, 0.2) is 18.3 Å². The van der Waals surface area contributed by atoms with Gasteiger partial charge in [-0.2, -0.15) is 0 Å². The molecule has 6 nitrogen and oxygen atoms in total. The molecule has 1 aliphatic carbocycles. The van der Waals surface area contributed by atoms with Crippen LogP contribution in [0.5, 0.6) is 5.88 Å². The number of carbonyl (C=O) groups is 2. The summed E-state index contributed by atoms with van der Waals surface area (Å²) in [6, 6.07) is 3.41. The van der Waals surface area contributed by atoms with Crippen molar-refractivity contribution in [3.63, 3.8) is 0 Å². The van der Waals surface area contributed by atoms with E-state index < -0.39 is 5.97 Å². The molecule has 1 amide bonds. The number of ether oxygens (including phenoxy) is 1. The topological polar surface area (TPSA) is 79.7 Å². The van der Waals surface area contributed by atoms with Gasteiger partial charge >= 0.3 is 5.97 Å². The standard InChI is InChI=1S/C15H18N2O4/c1-21-12-10(3-2-6-16-12)13(18)17-7-4-15(5-8-17)9-11(15)14(19)20/h2-3,6,11H,4-5,7-9H2,1H3,(H,19,20). The number of hydrogen-bond donors (Lipinski definition) is 1. The van der Waals surface area contributed by atoms with Gasteiger partial charge in [-0.3, -0.25) is 9.59 Å². The summed E-state index contributed by atoms with van der Waals surface area (Å²) in [6.07, 6.45) is 3.86. The van der Waals surface area contributed by atoms with Gasteiger partial charge in [0, 0.05) is 19.3 Å². The lowest BCUT2D eigenvalue weighted by Crippen LogP contribution is -2.40. The Bertz CT molecular complexity index is 579. The molecule has 21 heavy (non-hydrogen) atoms. The van der Waals surface area contributed by atoms with E-state index in [9.17, 15) is 9.59 Å². The third-order valence-electron chi connectivity index (χ3n) is 4.73. The highest BCUT2D eigenvalue weighted by Gasteiger charge is 2.59. The first-order valence-electron chi connectivity index (χ1n) is 7.08. The van der Waals surface area contributed by atoms with Gasteiger partial charge in [-0.15, -0.1) is 0 Å². The second kappa shape index (κ2) is 5.02. The van der Waals surface area contributed by atoms with E-state index in [1.807, 2.05) is 0 Å². The van der Waals surface area contributed by atoms with Crippen LogP contribution in [0.4, 0.5) is 0 Å². The zero-order valence-electron chi connectivity index (χ0n) is 11.9. The summed E-state index contributed by atoms with van der Waals surface area (Å²) in [5.74, 6) is -0.689. The molecule has 0 radical (unpaired) electrons. The van der Waals surface area contributed by atoms with Crippen molar-refractivity contribution in [2.45, 2.75) is 19.3 Å². The minimum atomic E-state index is -0.705. The molecule has 1 saturated heterocycles. The summed E-state index contributed by atoms with van der Waals surface area (Å²) in [5, 5.41) is 9.09. The molecule has 112 valence electrons. The van der Waals surface area contributed by atoms with Crippen LogP contribution in [0.1, 0.15) is 29.6 Å². The normalized spacial score (nSPS) is 22.9. The van der Waals surface area contributed by atoms with Crippen molar-refractivity contribution in [2.24, 2.45) is 11.3 Å². The maximum absolute atomic E-state index is 12.5. The highest BCUT2D eigenvalue weighted by molar-refractivity contribution is 5.96. The number of hydrogen-bond acceptors (Lipinski definition) is 4. The number of likely N-dealkylation sites (tertiary alicyclic amines) is 1. The molecule has 0 bridgehead atoms. The van der Waals surface area contributed by atoms with Crippen molar-refractivity contribution < 1.29 is 19.4 Å². The second-order valence-electron chi connectivity index (χ2n) is 5.81. The number of piperidine rings is 1. The number of rotatable bonds is 3. The minimum absolute atomic E-state index is 0.0678. The molecule has 3 rings (SSSR count). The average molecular weight is 290 g/mol. The Labute approximate surface area is 122 Å². The molecule has 1 N–H and O–H groups in total. The maximum Gasteiger partial charge on any atom is 0.307 e. The van der Waals surface area contributed by atoms with E-state index in [1.165, 1.54) is 7.11 Å². The largest absolute Gasteiger partial charge is 0.481 e. The summed E-state index contributed by atoms with van der Waals surface area (Å²) >= 11 is 0. The van der Waals surface area contributed by atoms with Gasteiger partial charge in [0.05, 0.1) is 13.0 Å². The van der Waals surface area contributed by atoms with Crippen molar-refractivity contribution >= 4 is 11.9 Å². The van der Waals surface area contributed by atoms with Crippen LogP contribution < -0.4 is 4.74 Å². The number of pyridine rings is 1. The van der Waals surface area contributed by atoms with Crippen LogP contribution in [0, 0.1) is 11.3 Å². The summed E-state index contributed by atoms with van der Waals surface area (Å²) in [7, 11) is 1.49. The van der Waals surface area contributed by atoms with E-state index in [-0.39, 0.29) is 17.2 Å². The monoisotopic (exact) mass is 290 g/mol. The zero-order chi connectivity index (χ0) is 15.0. The van der Waals surface area contributed by atoms with E-state index in [0.717, 1.165) is 19.3 Å². The lowest BCUT2D eigenvalue weighted by Gasteiger charge is -2.32. The van der Waals surface area contributed by atoms with Crippen molar-refractivity contribution in [3.05, 3.63) is 23.9 Å². The Balaban J connectivity index is 1.67. The Morgan fingerprint density at radius 1 is 1.43 bits per heavy atom. The molecule has 2 heterocycles. The quantitative estimate of drug-likeness (QED) is 0.910. The molecule has 2 fully saturated rings. The Hall–Kier alpha value is -2.11. The molecule has 1 atom stereocenters. The third kappa shape index (κ3) is 2.34. The molecule has 1 saturated carbocycles. The SMILES string of the molecule is COc1ncccc1C(=O)N1CCC2(CC1)CC2C(=O)O. The van der Waals surface area contributed by atoms with Gasteiger partial charge < -0.3 is 14.7 Å². The molecule has 0 aromatic carbocycles. The van der Waals surface area contributed by atoms with Gasteiger partial charge in [0.15, 0.2) is 0 Å². The highest BCUT2D eigenvalue weighted by Crippen LogP contribution is 2.59. The summed E-state index contributed by atoms with van der Waals surface area (Å²) < 4.78 is 5.12. The summed E-state index contributed by atoms with van der Waals surface area (Å²) in [6.45, 7) is 1.20. The van der Waals surface area contributed by atoms with Crippen LogP contribution in [0.3, 0.4) is 0 Å². The first-order valence-corrected chi connectivity index (χ1v) is 7.08. The number of aliphatic carboxylic acids is 1. The summed E-state index contributed by atoms with van der Waals surface area (Å²) in [5.41, 5.74) is 0.392. The number of methoxy groups -OCH3 is 1. The van der Waals surface area contributed by atoms with Gasteiger partial charge in [0.1, 0.15) is 5.56 Å². The van der Waals surface area contributed by atoms with E-state index >= 15 is 0 Å². The van der Waals surface area contributed by atoms with Gasteiger partial charge in [-0.05, 0) is 36.8 Å². The van der Waals surface area contributed by atoms with Crippen molar-refractivity contribution in [3.8, 4) is 5.88 Å². The smallest absolute Gasteiger partial charge is 0.307 e. The summed E-state index contributed by atoms with van der Waals surface area (Å²) in [4.78, 5) is 29.4. The number of nitrogens with zero attached hydrogens (tertiary/aromatic N) is 2. The van der Waals surface area contributed by atoms with Gasteiger partial charge in [0.2, 0.25) is 5.88 Å². The minimum Gasteiger partial charge on any atom is -0.481 e. The van der Waals surface area contributed by atoms with Gasteiger partial charge in [-0.25, -0.2) is 4.98 Å². The molecular weight excluding hydrogens is 272 g/mol. The number of carboxylic acid groups (broad SMARTS) is 1. The second-order valence-corrected chi connectivity index (χ2v) is 5.81. The molecule has 1 aromatic heterocycles. The first kappa shape index (κ1) is 13.9. The van der Waals surface area contributed by atoms with E-state index in [0.29, 0.717) is 24.5 Å². The molecule has 2 aliphatic rings. The fraction of sp³-hybridized carbons (Fsp3) is 0.533. The van der Waals surface area contributed by atoms with E-state index in [1.54, 1.807) is 23.2 Å². The maximum atomic E-state index is 12.5. The number of aromatic nitrogens is 1. The van der Waals surface area contributed by atoms with Crippen molar-refractivity contribution in [1.29, 1.82) is 0 Å². The van der Waals surface area contributed by atoms with E-state index in [2.05, 4.69) is 4.98 Å². The predicted octanol–water partition coefficient (Wildman–Crippen LogP) is 1.42. The molecular formula is C15H18N2O4. The van der Waals surface area contributed by atoms with Crippen LogP contribution in [0.25, 0.3) is 0 Å². The molecule has 1 aromatic rings. The van der Waals surface area contributed by atoms with Crippen LogP contribution >= 0.6 is 0 Å². The number of carboxylic acids is 1. The fourth-order valence-corrected chi connectivity index (χ4v) is 3.29. The zero-order valence-corrected chi connectivity index (χ0v) is 11.9.